The number of benzene rings is 1. The molecule has 2 rings (SSSR count). The monoisotopic (exact) mass is 212 g/mol. The molecule has 1 aromatic carbocycles. The highest BCUT2D eigenvalue weighted by Crippen LogP contribution is 2.30. The van der Waals surface area contributed by atoms with Gasteiger partial charge >= 0.3 is 0 Å². The molecule has 0 spiro atoms. The van der Waals surface area contributed by atoms with Gasteiger partial charge in [-0.2, -0.15) is 0 Å². The summed E-state index contributed by atoms with van der Waals surface area (Å²) >= 11 is 0. The van der Waals surface area contributed by atoms with Crippen molar-refractivity contribution >= 4 is 0 Å². The summed E-state index contributed by atoms with van der Waals surface area (Å²) in [6.45, 7) is 4.54. The van der Waals surface area contributed by atoms with Crippen LogP contribution in [0.4, 0.5) is 0 Å². The topological polar surface area (TPSA) is 0 Å². The lowest BCUT2D eigenvalue weighted by Crippen LogP contribution is -1.91. The van der Waals surface area contributed by atoms with Crippen LogP contribution < -0.4 is 0 Å². The van der Waals surface area contributed by atoms with Gasteiger partial charge in [0.05, 0.1) is 0 Å². The molecule has 0 heterocycles. The van der Waals surface area contributed by atoms with Crippen LogP contribution in [0, 0.1) is 0 Å². The Morgan fingerprint density at radius 3 is 2.56 bits per heavy atom. The number of hydrogen-bond acceptors (Lipinski definition) is 0. The van der Waals surface area contributed by atoms with Gasteiger partial charge in [-0.15, -0.1) is 0 Å². The lowest BCUT2D eigenvalue weighted by atomic mass is 9.99. The molecule has 0 heteroatoms. The molecule has 0 nitrogen and oxygen atoms in total. The Bertz CT molecular complexity index is 407. The van der Waals surface area contributed by atoms with Crippen molar-refractivity contribution in [3.63, 3.8) is 0 Å². The van der Waals surface area contributed by atoms with Crippen LogP contribution >= 0.6 is 0 Å². The van der Waals surface area contributed by atoms with Crippen molar-refractivity contribution in [3.8, 4) is 0 Å². The smallest absolute Gasteiger partial charge is 0.00262 e. The molecule has 0 N–H and O–H groups in total. The molecule has 0 radical (unpaired) electrons. The Morgan fingerprint density at radius 2 is 1.88 bits per heavy atom. The van der Waals surface area contributed by atoms with E-state index in [0.717, 1.165) is 6.42 Å². The van der Waals surface area contributed by atoms with E-state index in [0.29, 0.717) is 0 Å². The van der Waals surface area contributed by atoms with E-state index >= 15 is 0 Å². The summed E-state index contributed by atoms with van der Waals surface area (Å²) < 4.78 is 0. The van der Waals surface area contributed by atoms with Crippen molar-refractivity contribution in [1.29, 1.82) is 0 Å². The summed E-state index contributed by atoms with van der Waals surface area (Å²) in [6, 6.07) is 10.8. The van der Waals surface area contributed by atoms with Gasteiger partial charge in [-0.25, -0.2) is 0 Å². The van der Waals surface area contributed by atoms with Crippen molar-refractivity contribution in [2.45, 2.75) is 39.5 Å². The fraction of sp³-hybridized carbons (Fsp3) is 0.375. The zero-order valence-electron chi connectivity index (χ0n) is 10.3. The van der Waals surface area contributed by atoms with Gasteiger partial charge in [0.1, 0.15) is 0 Å². The number of allylic oxidation sites excluding steroid dienone is 4. The third-order valence-electron chi connectivity index (χ3n) is 3.40. The normalized spacial score (nSPS) is 15.5. The molecule has 1 aliphatic rings. The van der Waals surface area contributed by atoms with Gasteiger partial charge in [-0.3, -0.25) is 0 Å². The largest absolute Gasteiger partial charge is 0.0766 e. The zero-order chi connectivity index (χ0) is 11.4. The van der Waals surface area contributed by atoms with Crippen molar-refractivity contribution in [1.82, 2.24) is 0 Å². The van der Waals surface area contributed by atoms with Crippen LogP contribution in [0.3, 0.4) is 0 Å². The van der Waals surface area contributed by atoms with Gasteiger partial charge in [-0.1, -0.05) is 55.3 Å². The molecule has 1 aromatic rings. The molecule has 0 atom stereocenters. The van der Waals surface area contributed by atoms with Crippen LogP contribution in [0.2, 0.25) is 0 Å². The van der Waals surface area contributed by atoms with Crippen LogP contribution in [0.1, 0.15) is 38.7 Å². The number of hydrogen-bond donors (Lipinski definition) is 0. The first-order chi connectivity index (χ1) is 7.81. The second-order valence-corrected chi connectivity index (χ2v) is 4.57. The second kappa shape index (κ2) is 5.16. The van der Waals surface area contributed by atoms with Crippen molar-refractivity contribution in [2.75, 3.05) is 0 Å². The first-order valence-corrected chi connectivity index (χ1v) is 6.23. The molecule has 0 saturated carbocycles. The SMILES string of the molecule is CCCC1=C(C)C(Cc2ccccc2)=CC1. The molecule has 84 valence electrons. The van der Waals surface area contributed by atoms with Crippen LogP contribution in [-0.4, -0.2) is 0 Å². The van der Waals surface area contributed by atoms with Gasteiger partial charge in [0, 0.05) is 0 Å². The van der Waals surface area contributed by atoms with E-state index in [1.807, 2.05) is 0 Å². The molecule has 0 saturated heterocycles. The predicted octanol–water partition coefficient (Wildman–Crippen LogP) is 4.68. The minimum absolute atomic E-state index is 1.10. The second-order valence-electron chi connectivity index (χ2n) is 4.57. The molecule has 0 fully saturated rings. The molecule has 0 aromatic heterocycles. The van der Waals surface area contributed by atoms with Gasteiger partial charge in [0.2, 0.25) is 0 Å². The molecule has 0 aliphatic heterocycles. The average molecular weight is 212 g/mol. The zero-order valence-corrected chi connectivity index (χ0v) is 10.3. The fourth-order valence-electron chi connectivity index (χ4n) is 2.39. The fourth-order valence-corrected chi connectivity index (χ4v) is 2.39. The van der Waals surface area contributed by atoms with E-state index in [-0.39, 0.29) is 0 Å². The van der Waals surface area contributed by atoms with Crippen LogP contribution in [0.15, 0.2) is 53.1 Å². The van der Waals surface area contributed by atoms with E-state index in [9.17, 15) is 0 Å². The summed E-state index contributed by atoms with van der Waals surface area (Å²) in [6.07, 6.45) is 7.22. The van der Waals surface area contributed by atoms with Gasteiger partial charge < -0.3 is 0 Å². The molecule has 1 aliphatic carbocycles. The van der Waals surface area contributed by atoms with Crippen molar-refractivity contribution in [3.05, 3.63) is 58.7 Å². The Morgan fingerprint density at radius 1 is 1.12 bits per heavy atom. The summed E-state index contributed by atoms with van der Waals surface area (Å²) in [4.78, 5) is 0. The Kier molecular flexibility index (Phi) is 3.61. The van der Waals surface area contributed by atoms with Crippen LogP contribution in [0.5, 0.6) is 0 Å². The Labute approximate surface area is 98.7 Å². The minimum Gasteiger partial charge on any atom is -0.0766 e. The molecule has 0 amide bonds. The molecular weight excluding hydrogens is 192 g/mol. The van der Waals surface area contributed by atoms with Crippen LogP contribution in [0.25, 0.3) is 0 Å². The molecule has 16 heavy (non-hydrogen) atoms. The van der Waals surface area contributed by atoms with Crippen LogP contribution in [-0.2, 0) is 6.42 Å². The van der Waals surface area contributed by atoms with E-state index in [1.54, 1.807) is 11.1 Å². The summed E-state index contributed by atoms with van der Waals surface area (Å²) in [5.74, 6) is 0. The Hall–Kier alpha value is -1.30. The summed E-state index contributed by atoms with van der Waals surface area (Å²) in [7, 11) is 0. The maximum Gasteiger partial charge on any atom is -0.00262 e. The lowest BCUT2D eigenvalue weighted by Gasteiger charge is -2.06. The highest BCUT2D eigenvalue weighted by atomic mass is 14.2. The first-order valence-electron chi connectivity index (χ1n) is 6.23. The predicted molar refractivity (Wildman–Crippen MR) is 70.5 cm³/mol. The highest BCUT2D eigenvalue weighted by molar-refractivity contribution is 5.43. The van der Waals surface area contributed by atoms with E-state index < -0.39 is 0 Å². The quantitative estimate of drug-likeness (QED) is 0.680. The van der Waals surface area contributed by atoms with Crippen molar-refractivity contribution < 1.29 is 0 Å². The van der Waals surface area contributed by atoms with Gasteiger partial charge in [-0.05, 0) is 42.9 Å². The number of rotatable bonds is 4. The van der Waals surface area contributed by atoms with E-state index in [2.05, 4.69) is 50.3 Å². The first kappa shape index (κ1) is 11.2. The van der Waals surface area contributed by atoms with Gasteiger partial charge in [0.25, 0.3) is 0 Å². The van der Waals surface area contributed by atoms with Crippen molar-refractivity contribution in [2.24, 2.45) is 0 Å². The summed E-state index contributed by atoms with van der Waals surface area (Å²) in [5, 5.41) is 0. The third-order valence-corrected chi connectivity index (χ3v) is 3.40. The third kappa shape index (κ3) is 2.44. The lowest BCUT2D eigenvalue weighted by molar-refractivity contribution is 0.878. The molecular formula is C16H20. The Balaban J connectivity index is 2.08. The summed E-state index contributed by atoms with van der Waals surface area (Å²) in [5.41, 5.74) is 6.15. The van der Waals surface area contributed by atoms with E-state index in [4.69, 9.17) is 0 Å². The average Bonchev–Trinajstić information content (AvgIpc) is 2.64. The highest BCUT2D eigenvalue weighted by Gasteiger charge is 2.12. The minimum atomic E-state index is 1.10. The van der Waals surface area contributed by atoms with Gasteiger partial charge in [0.15, 0.2) is 0 Å². The molecule has 0 unspecified atom stereocenters. The maximum absolute atomic E-state index is 2.41. The van der Waals surface area contributed by atoms with E-state index in [1.165, 1.54) is 30.4 Å². The maximum atomic E-state index is 2.41. The standard InChI is InChI=1S/C16H20/c1-3-7-15-10-11-16(13(15)2)12-14-8-5-4-6-9-14/h4-6,8-9,11H,3,7,10,12H2,1-2H3. The molecule has 0 bridgehead atoms.